The number of carbonyl (C=O) groups excluding carboxylic acids is 1. The summed E-state index contributed by atoms with van der Waals surface area (Å²) in [6, 6.07) is 4.24. The fraction of sp³-hybridized carbons (Fsp3) is 0.417. The van der Waals surface area contributed by atoms with Crippen LogP contribution in [-0.4, -0.2) is 14.3 Å². The topological polar surface area (TPSA) is 63.2 Å². The summed E-state index contributed by atoms with van der Waals surface area (Å²) in [4.78, 5) is 11.9. The number of anilines is 1. The van der Waals surface area contributed by atoms with Crippen molar-refractivity contribution in [3.05, 3.63) is 22.7 Å². The Morgan fingerprint density at radius 2 is 1.95 bits per heavy atom. The van der Waals surface area contributed by atoms with E-state index in [0.717, 1.165) is 12.8 Å². The van der Waals surface area contributed by atoms with Gasteiger partial charge in [-0.05, 0) is 47.0 Å². The minimum absolute atomic E-state index is 0.0124. The van der Waals surface area contributed by atoms with Crippen molar-refractivity contribution in [1.29, 1.82) is 0 Å². The first kappa shape index (κ1) is 16.5. The minimum atomic E-state index is -3.77. The molecule has 0 radical (unpaired) electrons. The van der Waals surface area contributed by atoms with Gasteiger partial charge in [-0.25, -0.2) is 8.42 Å². The van der Waals surface area contributed by atoms with Crippen molar-refractivity contribution >= 4 is 47.3 Å². The lowest BCUT2D eigenvalue weighted by molar-refractivity contribution is -0.120. The summed E-state index contributed by atoms with van der Waals surface area (Å²) < 4.78 is 22.8. The van der Waals surface area contributed by atoms with Crippen molar-refractivity contribution in [1.82, 2.24) is 0 Å². The van der Waals surface area contributed by atoms with E-state index in [0.29, 0.717) is 10.2 Å². The molecule has 106 valence electrons. The third-order valence-corrected chi connectivity index (χ3v) is 4.84. The molecule has 1 N–H and O–H groups in total. The number of hydrogen-bond donors (Lipinski definition) is 1. The summed E-state index contributed by atoms with van der Waals surface area (Å²) in [6.45, 7) is 3.90. The lowest BCUT2D eigenvalue weighted by Crippen LogP contribution is -2.21. The molecule has 0 unspecified atom stereocenters. The first-order valence-corrected chi connectivity index (χ1v) is 8.94. The van der Waals surface area contributed by atoms with Crippen LogP contribution in [0, 0.1) is 5.92 Å². The van der Waals surface area contributed by atoms with E-state index in [1.54, 1.807) is 0 Å². The highest BCUT2D eigenvalue weighted by Gasteiger charge is 2.17. The van der Waals surface area contributed by atoms with E-state index in [1.165, 1.54) is 18.2 Å². The Balaban J connectivity index is 2.96. The van der Waals surface area contributed by atoms with E-state index in [4.69, 9.17) is 10.7 Å². The average Bonchev–Trinajstić information content (AvgIpc) is 2.32. The van der Waals surface area contributed by atoms with Crippen LogP contribution in [-0.2, 0) is 13.8 Å². The van der Waals surface area contributed by atoms with E-state index >= 15 is 0 Å². The van der Waals surface area contributed by atoms with Crippen molar-refractivity contribution < 1.29 is 13.2 Å². The lowest BCUT2D eigenvalue weighted by Gasteiger charge is -2.14. The maximum absolute atomic E-state index is 11.9. The molecule has 7 heteroatoms. The number of amides is 1. The molecule has 4 nitrogen and oxygen atoms in total. The summed E-state index contributed by atoms with van der Waals surface area (Å²) in [5.74, 6) is -0.129. The Kier molecular flexibility index (Phi) is 5.82. The van der Waals surface area contributed by atoms with E-state index in [2.05, 4.69) is 21.2 Å². The first-order chi connectivity index (χ1) is 8.79. The van der Waals surface area contributed by atoms with Crippen LogP contribution in [0.15, 0.2) is 27.6 Å². The highest BCUT2D eigenvalue weighted by molar-refractivity contribution is 9.10. The Hall–Kier alpha value is -0.590. The third-order valence-electron chi connectivity index (χ3n) is 2.84. The molecule has 0 heterocycles. The van der Waals surface area contributed by atoms with Gasteiger partial charge in [0.05, 0.1) is 10.6 Å². The van der Waals surface area contributed by atoms with Crippen molar-refractivity contribution in [3.8, 4) is 0 Å². The van der Waals surface area contributed by atoms with Crippen LogP contribution in [0.5, 0.6) is 0 Å². The normalized spacial score (nSPS) is 11.6. The van der Waals surface area contributed by atoms with Crippen molar-refractivity contribution in [2.45, 2.75) is 31.6 Å². The van der Waals surface area contributed by atoms with Gasteiger partial charge in [0.25, 0.3) is 9.05 Å². The molecule has 0 atom stereocenters. The number of rotatable bonds is 5. The van der Waals surface area contributed by atoms with Crippen LogP contribution in [0.2, 0.25) is 0 Å². The highest BCUT2D eigenvalue weighted by Crippen LogP contribution is 2.28. The second-order valence-corrected chi connectivity index (χ2v) is 7.50. The predicted octanol–water partition coefficient (Wildman–Crippen LogP) is 3.75. The van der Waals surface area contributed by atoms with E-state index in [9.17, 15) is 13.2 Å². The van der Waals surface area contributed by atoms with Crippen LogP contribution < -0.4 is 5.32 Å². The molecule has 0 saturated carbocycles. The van der Waals surface area contributed by atoms with Crippen LogP contribution in [0.4, 0.5) is 5.69 Å². The maximum atomic E-state index is 11.9. The quantitative estimate of drug-likeness (QED) is 0.805. The lowest BCUT2D eigenvalue weighted by atomic mass is 10.0. The number of halogens is 2. The van der Waals surface area contributed by atoms with Crippen molar-refractivity contribution in [2.24, 2.45) is 5.92 Å². The Bertz CT molecular complexity index is 570. The smallest absolute Gasteiger partial charge is 0.261 e. The summed E-state index contributed by atoms with van der Waals surface area (Å²) in [5.41, 5.74) is 0.529. The molecule has 19 heavy (non-hydrogen) atoms. The molecular weight excluding hydrogens is 354 g/mol. The second-order valence-electron chi connectivity index (χ2n) is 4.08. The van der Waals surface area contributed by atoms with E-state index < -0.39 is 9.05 Å². The van der Waals surface area contributed by atoms with Crippen molar-refractivity contribution in [3.63, 3.8) is 0 Å². The van der Waals surface area contributed by atoms with Crippen LogP contribution >= 0.6 is 26.6 Å². The van der Waals surface area contributed by atoms with Crippen LogP contribution in [0.25, 0.3) is 0 Å². The molecule has 1 aromatic rings. The SMILES string of the molecule is CCC(CC)C(=O)Nc1ccc(S(=O)(=O)Cl)cc1Br. The standard InChI is InChI=1S/C12H15BrClNO3S/c1-3-8(4-2)12(16)15-11-6-5-9(7-10(11)13)19(14,17)18/h5-8H,3-4H2,1-2H3,(H,15,16). The Labute approximate surface area is 126 Å². The molecule has 0 spiro atoms. The molecule has 1 aromatic carbocycles. The van der Waals surface area contributed by atoms with Gasteiger partial charge in [-0.3, -0.25) is 4.79 Å². The molecule has 0 saturated heterocycles. The summed E-state index contributed by atoms with van der Waals surface area (Å²) in [5, 5.41) is 2.77. The molecule has 1 amide bonds. The second kappa shape index (κ2) is 6.72. The van der Waals surface area contributed by atoms with Gasteiger partial charge in [0.15, 0.2) is 0 Å². The molecule has 1 rings (SSSR count). The molecule has 0 aliphatic rings. The van der Waals surface area contributed by atoms with Crippen LogP contribution in [0.1, 0.15) is 26.7 Å². The first-order valence-electron chi connectivity index (χ1n) is 5.84. The van der Waals surface area contributed by atoms with Crippen molar-refractivity contribution in [2.75, 3.05) is 5.32 Å². The van der Waals surface area contributed by atoms with Gasteiger partial charge in [0.2, 0.25) is 5.91 Å². The predicted molar refractivity (Wildman–Crippen MR) is 79.9 cm³/mol. The highest BCUT2D eigenvalue weighted by atomic mass is 79.9. The van der Waals surface area contributed by atoms with Gasteiger partial charge >= 0.3 is 0 Å². The summed E-state index contributed by atoms with van der Waals surface area (Å²) >= 11 is 3.22. The summed E-state index contributed by atoms with van der Waals surface area (Å²) in [7, 11) is 1.48. The monoisotopic (exact) mass is 367 g/mol. The van der Waals surface area contributed by atoms with Gasteiger partial charge in [-0.15, -0.1) is 0 Å². The number of benzene rings is 1. The zero-order chi connectivity index (χ0) is 14.6. The Morgan fingerprint density at radius 3 is 2.37 bits per heavy atom. The molecule has 0 fully saturated rings. The van der Waals surface area contributed by atoms with Gasteiger partial charge in [-0.1, -0.05) is 13.8 Å². The van der Waals surface area contributed by atoms with Gasteiger partial charge in [-0.2, -0.15) is 0 Å². The Morgan fingerprint density at radius 1 is 1.37 bits per heavy atom. The molecular formula is C12H15BrClNO3S. The fourth-order valence-electron chi connectivity index (χ4n) is 1.64. The van der Waals surface area contributed by atoms with Gasteiger partial charge in [0.1, 0.15) is 0 Å². The van der Waals surface area contributed by atoms with Gasteiger partial charge in [0, 0.05) is 21.1 Å². The largest absolute Gasteiger partial charge is 0.325 e. The number of nitrogens with one attached hydrogen (secondary N) is 1. The molecule has 0 aliphatic carbocycles. The summed E-state index contributed by atoms with van der Waals surface area (Å²) in [6.07, 6.45) is 1.52. The third kappa shape index (κ3) is 4.47. The van der Waals surface area contributed by atoms with E-state index in [1.807, 2.05) is 13.8 Å². The number of hydrogen-bond acceptors (Lipinski definition) is 3. The van der Waals surface area contributed by atoms with Crippen LogP contribution in [0.3, 0.4) is 0 Å². The van der Waals surface area contributed by atoms with Gasteiger partial charge < -0.3 is 5.32 Å². The fourth-order valence-corrected chi connectivity index (χ4v) is 3.05. The molecule has 0 bridgehead atoms. The minimum Gasteiger partial charge on any atom is -0.325 e. The number of carbonyl (C=O) groups is 1. The zero-order valence-electron chi connectivity index (χ0n) is 10.6. The molecule has 0 aliphatic heterocycles. The average molecular weight is 369 g/mol. The zero-order valence-corrected chi connectivity index (χ0v) is 13.8. The van der Waals surface area contributed by atoms with E-state index in [-0.39, 0.29) is 16.7 Å². The maximum Gasteiger partial charge on any atom is 0.261 e. The molecule has 0 aromatic heterocycles.